The fourth-order valence-corrected chi connectivity index (χ4v) is 3.22. The third kappa shape index (κ3) is 3.91. The summed E-state index contributed by atoms with van der Waals surface area (Å²) in [6, 6.07) is 17.8. The maximum Gasteiger partial charge on any atom is 0.224 e. The van der Waals surface area contributed by atoms with Gasteiger partial charge in [0.2, 0.25) is 5.91 Å². The molecule has 0 aliphatic rings. The molecule has 0 aliphatic heterocycles. The van der Waals surface area contributed by atoms with Gasteiger partial charge < -0.3 is 20.4 Å². The summed E-state index contributed by atoms with van der Waals surface area (Å²) >= 11 is 0. The molecular formula is C22H22N4O2. The Labute approximate surface area is 162 Å². The molecule has 2 aromatic carbocycles. The van der Waals surface area contributed by atoms with Crippen molar-refractivity contribution < 1.29 is 9.53 Å². The minimum Gasteiger partial charge on any atom is -0.497 e. The second-order valence-corrected chi connectivity index (χ2v) is 6.57. The Balaban J connectivity index is 1.30. The first-order valence-corrected chi connectivity index (χ1v) is 9.23. The van der Waals surface area contributed by atoms with Crippen molar-refractivity contribution in [2.24, 2.45) is 0 Å². The number of ether oxygens (including phenoxy) is 1. The summed E-state index contributed by atoms with van der Waals surface area (Å²) in [5.41, 5.74) is 2.90. The van der Waals surface area contributed by atoms with Gasteiger partial charge in [-0.1, -0.05) is 18.2 Å². The summed E-state index contributed by atoms with van der Waals surface area (Å²) in [5, 5.41) is 8.31. The summed E-state index contributed by atoms with van der Waals surface area (Å²) < 4.78 is 5.27. The Bertz CT molecular complexity index is 1120. The molecule has 0 atom stereocenters. The van der Waals surface area contributed by atoms with Crippen LogP contribution in [0.1, 0.15) is 5.56 Å². The van der Waals surface area contributed by atoms with E-state index in [0.717, 1.165) is 38.9 Å². The Kier molecular flexibility index (Phi) is 5.10. The number of para-hydroxylation sites is 1. The van der Waals surface area contributed by atoms with Crippen molar-refractivity contribution in [3.8, 4) is 5.75 Å². The fourth-order valence-electron chi connectivity index (χ4n) is 3.22. The molecule has 0 unspecified atom stereocenters. The SMILES string of the molecule is COc1ccc2[nH]cc(CC(=O)NCCNc3ccc4ccccc4n3)c2c1. The number of carbonyl (C=O) groups is 1. The lowest BCUT2D eigenvalue weighted by Crippen LogP contribution is -2.30. The van der Waals surface area contributed by atoms with Gasteiger partial charge in [-0.05, 0) is 42.0 Å². The number of hydrogen-bond acceptors (Lipinski definition) is 4. The van der Waals surface area contributed by atoms with Crippen molar-refractivity contribution in [1.29, 1.82) is 0 Å². The lowest BCUT2D eigenvalue weighted by Gasteiger charge is -2.08. The first kappa shape index (κ1) is 17.9. The van der Waals surface area contributed by atoms with E-state index in [2.05, 4.69) is 20.6 Å². The Morgan fingerprint density at radius 1 is 1.11 bits per heavy atom. The highest BCUT2D eigenvalue weighted by Crippen LogP contribution is 2.23. The van der Waals surface area contributed by atoms with E-state index in [4.69, 9.17) is 4.74 Å². The molecule has 2 heterocycles. The molecule has 4 aromatic rings. The zero-order valence-electron chi connectivity index (χ0n) is 15.7. The molecule has 3 N–H and O–H groups in total. The van der Waals surface area contributed by atoms with Crippen LogP contribution in [0.5, 0.6) is 5.75 Å². The van der Waals surface area contributed by atoms with E-state index in [1.807, 2.05) is 60.8 Å². The third-order valence-electron chi connectivity index (χ3n) is 4.68. The number of aromatic nitrogens is 2. The second-order valence-electron chi connectivity index (χ2n) is 6.57. The minimum atomic E-state index is -0.0167. The van der Waals surface area contributed by atoms with Gasteiger partial charge >= 0.3 is 0 Å². The smallest absolute Gasteiger partial charge is 0.224 e. The molecule has 0 radical (unpaired) electrons. The minimum absolute atomic E-state index is 0.0167. The van der Waals surface area contributed by atoms with E-state index in [1.165, 1.54) is 0 Å². The number of fused-ring (bicyclic) bond motifs is 2. The maximum absolute atomic E-state index is 12.3. The number of nitrogens with one attached hydrogen (secondary N) is 3. The predicted molar refractivity (Wildman–Crippen MR) is 112 cm³/mol. The first-order chi connectivity index (χ1) is 13.7. The number of amides is 1. The average Bonchev–Trinajstić information content (AvgIpc) is 3.13. The number of hydrogen-bond donors (Lipinski definition) is 3. The molecular weight excluding hydrogens is 352 g/mol. The normalized spacial score (nSPS) is 10.9. The summed E-state index contributed by atoms with van der Waals surface area (Å²) in [5.74, 6) is 1.56. The number of carbonyl (C=O) groups excluding carboxylic acids is 1. The Morgan fingerprint density at radius 3 is 2.89 bits per heavy atom. The topological polar surface area (TPSA) is 79.0 Å². The molecule has 0 saturated heterocycles. The van der Waals surface area contributed by atoms with E-state index < -0.39 is 0 Å². The van der Waals surface area contributed by atoms with Crippen molar-refractivity contribution in [2.45, 2.75) is 6.42 Å². The van der Waals surface area contributed by atoms with Gasteiger partial charge in [0.25, 0.3) is 0 Å². The lowest BCUT2D eigenvalue weighted by molar-refractivity contribution is -0.120. The van der Waals surface area contributed by atoms with Crippen molar-refractivity contribution in [3.05, 3.63) is 66.4 Å². The molecule has 0 spiro atoms. The lowest BCUT2D eigenvalue weighted by atomic mass is 10.1. The van der Waals surface area contributed by atoms with Crippen molar-refractivity contribution in [3.63, 3.8) is 0 Å². The van der Waals surface area contributed by atoms with Crippen LogP contribution in [0.4, 0.5) is 5.82 Å². The summed E-state index contributed by atoms with van der Waals surface area (Å²) in [6.45, 7) is 1.14. The molecule has 1 amide bonds. The highest BCUT2D eigenvalue weighted by atomic mass is 16.5. The second kappa shape index (κ2) is 8.00. The quantitative estimate of drug-likeness (QED) is 0.433. The number of rotatable bonds is 7. The molecule has 6 heteroatoms. The number of aromatic amines is 1. The van der Waals surface area contributed by atoms with Crippen LogP contribution in [0.2, 0.25) is 0 Å². The molecule has 4 rings (SSSR count). The third-order valence-corrected chi connectivity index (χ3v) is 4.68. The van der Waals surface area contributed by atoms with E-state index >= 15 is 0 Å². The van der Waals surface area contributed by atoms with Crippen LogP contribution < -0.4 is 15.4 Å². The van der Waals surface area contributed by atoms with E-state index in [1.54, 1.807) is 7.11 Å². The molecule has 6 nitrogen and oxygen atoms in total. The van der Waals surface area contributed by atoms with Crippen LogP contribution in [0, 0.1) is 0 Å². The number of nitrogens with zero attached hydrogens (tertiary/aromatic N) is 1. The van der Waals surface area contributed by atoms with Crippen LogP contribution in [0.3, 0.4) is 0 Å². The highest BCUT2D eigenvalue weighted by molar-refractivity contribution is 5.89. The van der Waals surface area contributed by atoms with Crippen LogP contribution >= 0.6 is 0 Å². The summed E-state index contributed by atoms with van der Waals surface area (Å²) in [7, 11) is 1.64. The van der Waals surface area contributed by atoms with Crippen molar-refractivity contribution in [2.75, 3.05) is 25.5 Å². The van der Waals surface area contributed by atoms with E-state index in [-0.39, 0.29) is 5.91 Å². The van der Waals surface area contributed by atoms with Crippen LogP contribution in [0.15, 0.2) is 60.8 Å². The molecule has 28 heavy (non-hydrogen) atoms. The summed E-state index contributed by atoms with van der Waals surface area (Å²) in [6.07, 6.45) is 2.20. The van der Waals surface area contributed by atoms with Gasteiger partial charge in [-0.3, -0.25) is 4.79 Å². The van der Waals surface area contributed by atoms with Gasteiger partial charge in [-0.25, -0.2) is 4.98 Å². The Hall–Kier alpha value is -3.54. The Morgan fingerprint density at radius 2 is 2.00 bits per heavy atom. The largest absolute Gasteiger partial charge is 0.497 e. The van der Waals surface area contributed by atoms with Crippen LogP contribution in [-0.2, 0) is 11.2 Å². The molecule has 2 aromatic heterocycles. The molecule has 0 fully saturated rings. The van der Waals surface area contributed by atoms with Gasteiger partial charge in [0, 0.05) is 35.6 Å². The zero-order chi connectivity index (χ0) is 19.3. The summed E-state index contributed by atoms with van der Waals surface area (Å²) in [4.78, 5) is 20.1. The molecule has 0 bridgehead atoms. The monoisotopic (exact) mass is 374 g/mol. The van der Waals surface area contributed by atoms with Gasteiger partial charge in [0.15, 0.2) is 0 Å². The number of methoxy groups -OCH3 is 1. The average molecular weight is 374 g/mol. The molecule has 0 saturated carbocycles. The standard InChI is InChI=1S/C22H22N4O2/c1-28-17-7-8-20-18(13-17)16(14-25-20)12-22(27)24-11-10-23-21-9-6-15-4-2-3-5-19(15)26-21/h2-9,13-14,25H,10-12H2,1H3,(H,23,26)(H,24,27). The number of anilines is 1. The fraction of sp³-hybridized carbons (Fsp3) is 0.182. The number of benzene rings is 2. The maximum atomic E-state index is 12.3. The van der Waals surface area contributed by atoms with Crippen molar-refractivity contribution in [1.82, 2.24) is 15.3 Å². The van der Waals surface area contributed by atoms with Gasteiger partial charge in [0.1, 0.15) is 11.6 Å². The number of pyridine rings is 1. The van der Waals surface area contributed by atoms with Gasteiger partial charge in [-0.15, -0.1) is 0 Å². The molecule has 0 aliphatic carbocycles. The van der Waals surface area contributed by atoms with Gasteiger partial charge in [0.05, 0.1) is 19.0 Å². The predicted octanol–water partition coefficient (Wildman–Crippen LogP) is 3.50. The van der Waals surface area contributed by atoms with Crippen molar-refractivity contribution >= 4 is 33.5 Å². The first-order valence-electron chi connectivity index (χ1n) is 9.23. The molecule has 142 valence electrons. The van der Waals surface area contributed by atoms with E-state index in [9.17, 15) is 4.79 Å². The van der Waals surface area contributed by atoms with Crippen LogP contribution in [-0.4, -0.2) is 36.1 Å². The number of H-pyrrole nitrogens is 1. The van der Waals surface area contributed by atoms with Gasteiger partial charge in [-0.2, -0.15) is 0 Å². The van der Waals surface area contributed by atoms with E-state index in [0.29, 0.717) is 19.5 Å². The van der Waals surface area contributed by atoms with Crippen LogP contribution in [0.25, 0.3) is 21.8 Å². The zero-order valence-corrected chi connectivity index (χ0v) is 15.7. The highest BCUT2D eigenvalue weighted by Gasteiger charge is 2.09.